The van der Waals surface area contributed by atoms with Crippen molar-refractivity contribution < 1.29 is 9.59 Å². The van der Waals surface area contributed by atoms with Crippen LogP contribution in [0.3, 0.4) is 0 Å². The van der Waals surface area contributed by atoms with E-state index in [-0.39, 0.29) is 11.9 Å². The fourth-order valence-electron chi connectivity index (χ4n) is 2.21. The van der Waals surface area contributed by atoms with Gasteiger partial charge in [0.1, 0.15) is 5.54 Å². The molecule has 1 aliphatic heterocycles. The van der Waals surface area contributed by atoms with Crippen molar-refractivity contribution in [1.82, 2.24) is 10.6 Å². The third kappa shape index (κ3) is 1.41. The van der Waals surface area contributed by atoms with Crippen LogP contribution in [-0.4, -0.2) is 17.5 Å². The number of imide groups is 1. The fraction of sp³-hybridized carbons (Fsp3) is 0.778. The summed E-state index contributed by atoms with van der Waals surface area (Å²) in [4.78, 5) is 22.5. The molecular formula is C9H14N2O2. The van der Waals surface area contributed by atoms with Gasteiger partial charge in [-0.1, -0.05) is 25.7 Å². The first-order valence-corrected chi connectivity index (χ1v) is 4.87. The summed E-state index contributed by atoms with van der Waals surface area (Å²) in [5.41, 5.74) is -0.562. The molecule has 1 heterocycles. The second kappa shape index (κ2) is 3.01. The normalized spacial score (nSPS) is 26.8. The van der Waals surface area contributed by atoms with Gasteiger partial charge >= 0.3 is 6.03 Å². The highest BCUT2D eigenvalue weighted by molar-refractivity contribution is 6.06. The summed E-state index contributed by atoms with van der Waals surface area (Å²) < 4.78 is 0. The lowest BCUT2D eigenvalue weighted by molar-refractivity contribution is -0.124. The third-order valence-corrected chi connectivity index (χ3v) is 2.97. The molecule has 2 rings (SSSR count). The molecule has 3 amide bonds. The van der Waals surface area contributed by atoms with Crippen molar-refractivity contribution in [2.45, 2.75) is 44.1 Å². The number of carbonyl (C=O) groups is 2. The first-order valence-electron chi connectivity index (χ1n) is 4.87. The highest BCUT2D eigenvalue weighted by atomic mass is 16.2. The molecule has 0 atom stereocenters. The largest absolute Gasteiger partial charge is 0.323 e. The van der Waals surface area contributed by atoms with Crippen LogP contribution < -0.4 is 10.6 Å². The molecule has 1 aliphatic carbocycles. The Bertz CT molecular complexity index is 242. The lowest BCUT2D eigenvalue weighted by atomic mass is 9.69. The number of urea groups is 1. The smallest absolute Gasteiger partial charge is 0.322 e. The molecule has 0 radical (unpaired) electrons. The van der Waals surface area contributed by atoms with E-state index in [2.05, 4.69) is 10.6 Å². The van der Waals surface area contributed by atoms with E-state index in [4.69, 9.17) is 0 Å². The fourth-order valence-corrected chi connectivity index (χ4v) is 2.21. The maximum absolute atomic E-state index is 11.5. The van der Waals surface area contributed by atoms with Gasteiger partial charge in [0.25, 0.3) is 5.91 Å². The van der Waals surface area contributed by atoms with Crippen LogP contribution in [0.25, 0.3) is 0 Å². The van der Waals surface area contributed by atoms with Gasteiger partial charge in [0, 0.05) is 0 Å². The Morgan fingerprint density at radius 1 is 1.00 bits per heavy atom. The van der Waals surface area contributed by atoms with Crippen molar-refractivity contribution in [1.29, 1.82) is 0 Å². The highest BCUT2D eigenvalue weighted by Gasteiger charge is 2.45. The quantitative estimate of drug-likeness (QED) is 0.546. The molecule has 4 nitrogen and oxygen atoms in total. The molecule has 72 valence electrons. The maximum atomic E-state index is 11.5. The molecule has 2 fully saturated rings. The zero-order valence-corrected chi connectivity index (χ0v) is 7.56. The maximum Gasteiger partial charge on any atom is 0.322 e. The predicted octanol–water partition coefficient (Wildman–Crippen LogP) is 0.919. The highest BCUT2D eigenvalue weighted by Crippen LogP contribution is 2.29. The second-order valence-corrected chi connectivity index (χ2v) is 3.90. The van der Waals surface area contributed by atoms with Gasteiger partial charge in [-0.15, -0.1) is 0 Å². The molecule has 1 spiro atoms. The molecule has 0 aromatic heterocycles. The number of hydrogen-bond acceptors (Lipinski definition) is 2. The third-order valence-electron chi connectivity index (χ3n) is 2.97. The minimum atomic E-state index is -0.562. The topological polar surface area (TPSA) is 58.2 Å². The summed E-state index contributed by atoms with van der Waals surface area (Å²) in [7, 11) is 0. The van der Waals surface area contributed by atoms with E-state index < -0.39 is 5.54 Å². The average molecular weight is 181 g/mol. The van der Waals surface area contributed by atoms with Gasteiger partial charge in [-0.25, -0.2) is 4.79 Å². The van der Waals surface area contributed by atoms with Crippen molar-refractivity contribution >= 4 is 11.9 Å². The molecule has 13 heavy (non-hydrogen) atoms. The molecule has 1 saturated heterocycles. The minimum Gasteiger partial charge on any atom is -0.323 e. The van der Waals surface area contributed by atoms with Crippen molar-refractivity contribution in [2.24, 2.45) is 0 Å². The lowest BCUT2D eigenvalue weighted by Crippen LogP contribution is -2.46. The Hall–Kier alpha value is -1.06. The summed E-state index contributed by atoms with van der Waals surface area (Å²) in [6.45, 7) is 0. The zero-order valence-electron chi connectivity index (χ0n) is 7.56. The number of nitrogens with one attached hydrogen (secondary N) is 2. The molecule has 4 heteroatoms. The first kappa shape index (κ1) is 8.53. The van der Waals surface area contributed by atoms with Gasteiger partial charge < -0.3 is 5.32 Å². The van der Waals surface area contributed by atoms with Gasteiger partial charge in [0.2, 0.25) is 0 Å². The van der Waals surface area contributed by atoms with Crippen LogP contribution in [0.2, 0.25) is 0 Å². The van der Waals surface area contributed by atoms with Gasteiger partial charge in [0.05, 0.1) is 0 Å². The molecule has 0 unspecified atom stereocenters. The van der Waals surface area contributed by atoms with Gasteiger partial charge in [-0.2, -0.15) is 0 Å². The van der Waals surface area contributed by atoms with Crippen molar-refractivity contribution in [2.75, 3.05) is 0 Å². The Balaban J connectivity index is 2.17. The first-order chi connectivity index (χ1) is 6.23. The van der Waals surface area contributed by atoms with E-state index in [9.17, 15) is 9.59 Å². The molecule has 2 N–H and O–H groups in total. The van der Waals surface area contributed by atoms with Crippen LogP contribution in [-0.2, 0) is 4.79 Å². The monoisotopic (exact) mass is 181 g/mol. The standard InChI is InChI=1S/C9H14N2O2/c12-7-9(11-8(13)10-7)5-3-1-2-4-6-9/h1-6H2,(H2,10,11,12,13)/i7-1. The van der Waals surface area contributed by atoms with Crippen LogP contribution in [0.15, 0.2) is 0 Å². The molecule has 0 bridgehead atoms. The summed E-state index contributed by atoms with van der Waals surface area (Å²) in [5.74, 6) is -0.126. The SMILES string of the molecule is O=C1N[11C](=O)C2(CCCCCC2)N1. The van der Waals surface area contributed by atoms with Gasteiger partial charge in [0.15, 0.2) is 0 Å². The van der Waals surface area contributed by atoms with E-state index in [1.165, 1.54) is 12.8 Å². The van der Waals surface area contributed by atoms with Crippen LogP contribution >= 0.6 is 0 Å². The van der Waals surface area contributed by atoms with Gasteiger partial charge in [-0.3, -0.25) is 10.1 Å². The zero-order chi connectivity index (χ0) is 9.31. The summed E-state index contributed by atoms with van der Waals surface area (Å²) in [5, 5.41) is 5.08. The summed E-state index contributed by atoms with van der Waals surface area (Å²) >= 11 is 0. The van der Waals surface area contributed by atoms with Crippen LogP contribution in [0.1, 0.15) is 38.5 Å². The Morgan fingerprint density at radius 2 is 1.62 bits per heavy atom. The molecule has 1 saturated carbocycles. The van der Waals surface area contributed by atoms with Gasteiger partial charge in [-0.05, 0) is 12.8 Å². The van der Waals surface area contributed by atoms with E-state index in [0.29, 0.717) is 0 Å². The minimum absolute atomic E-state index is 0.126. The molecular weight excluding hydrogens is 167 g/mol. The van der Waals surface area contributed by atoms with Crippen LogP contribution in [0.5, 0.6) is 0 Å². The van der Waals surface area contributed by atoms with Crippen molar-refractivity contribution in [3.63, 3.8) is 0 Å². The number of carbonyl (C=O) groups excluding carboxylic acids is 2. The molecule has 0 aromatic carbocycles. The van der Waals surface area contributed by atoms with E-state index in [1.807, 2.05) is 0 Å². The van der Waals surface area contributed by atoms with Crippen LogP contribution in [0.4, 0.5) is 4.79 Å². The van der Waals surface area contributed by atoms with Crippen molar-refractivity contribution in [3.05, 3.63) is 0 Å². The Labute approximate surface area is 77.1 Å². The molecule has 0 aromatic rings. The predicted molar refractivity (Wildman–Crippen MR) is 47.1 cm³/mol. The molecule has 2 aliphatic rings. The van der Waals surface area contributed by atoms with E-state index in [0.717, 1.165) is 25.7 Å². The number of rotatable bonds is 0. The van der Waals surface area contributed by atoms with E-state index in [1.54, 1.807) is 0 Å². The average Bonchev–Trinajstić information content (AvgIpc) is 2.29. The Morgan fingerprint density at radius 3 is 2.08 bits per heavy atom. The number of hydrogen-bond donors (Lipinski definition) is 2. The summed E-state index contributed by atoms with van der Waals surface area (Å²) in [6, 6.07) is -0.327. The van der Waals surface area contributed by atoms with Crippen LogP contribution in [0, 0.1) is 0 Å². The summed E-state index contributed by atoms with van der Waals surface area (Å²) in [6.07, 6.45) is 6.01. The number of amides is 3. The lowest BCUT2D eigenvalue weighted by Gasteiger charge is -2.23. The van der Waals surface area contributed by atoms with Crippen molar-refractivity contribution in [3.8, 4) is 0 Å². The second-order valence-electron chi connectivity index (χ2n) is 3.90. The van der Waals surface area contributed by atoms with E-state index >= 15 is 0 Å². The Kier molecular flexibility index (Phi) is 1.98.